The summed E-state index contributed by atoms with van der Waals surface area (Å²) in [5.41, 5.74) is 6.70. The lowest BCUT2D eigenvalue weighted by Crippen LogP contribution is -2.01. The molecule has 0 saturated carbocycles. The molecule has 1 aromatic heterocycles. The summed E-state index contributed by atoms with van der Waals surface area (Å²) in [5.74, 6) is 0.429. The smallest absolute Gasteiger partial charge is 0.204 e. The molecule has 0 saturated heterocycles. The molecule has 0 aliphatic rings. The van der Waals surface area contributed by atoms with E-state index in [1.807, 2.05) is 0 Å². The van der Waals surface area contributed by atoms with Crippen LogP contribution in [0.25, 0.3) is 0 Å². The standard InChI is InChI=1S/C12H10ClNO2S/c1-16-10-3-2-7(6-9(10)14)11(15)12-8(13)4-5-17-12/h2-6H,14H2,1H3. The lowest BCUT2D eigenvalue weighted by atomic mass is 10.1. The number of halogens is 1. The maximum Gasteiger partial charge on any atom is 0.204 e. The average molecular weight is 268 g/mol. The van der Waals surface area contributed by atoms with E-state index in [4.69, 9.17) is 22.1 Å². The van der Waals surface area contributed by atoms with Crippen LogP contribution in [0.3, 0.4) is 0 Å². The molecule has 0 spiro atoms. The minimum Gasteiger partial charge on any atom is -0.495 e. The molecule has 0 amide bonds. The SMILES string of the molecule is COc1ccc(C(=O)c2sccc2Cl)cc1N. The van der Waals surface area contributed by atoms with Crippen LogP contribution in [0, 0.1) is 0 Å². The van der Waals surface area contributed by atoms with E-state index in [-0.39, 0.29) is 5.78 Å². The molecular formula is C12H10ClNO2S. The van der Waals surface area contributed by atoms with Crippen molar-refractivity contribution >= 4 is 34.4 Å². The lowest BCUT2D eigenvalue weighted by molar-refractivity contribution is 0.104. The maximum atomic E-state index is 12.1. The molecule has 0 aliphatic heterocycles. The Bertz CT molecular complexity index is 565. The van der Waals surface area contributed by atoms with Crippen molar-refractivity contribution in [2.45, 2.75) is 0 Å². The van der Waals surface area contributed by atoms with Gasteiger partial charge in [0.1, 0.15) is 5.75 Å². The van der Waals surface area contributed by atoms with Gasteiger partial charge in [0.2, 0.25) is 5.78 Å². The maximum absolute atomic E-state index is 12.1. The molecule has 1 aromatic carbocycles. The van der Waals surface area contributed by atoms with Crippen molar-refractivity contribution in [2.24, 2.45) is 0 Å². The van der Waals surface area contributed by atoms with Gasteiger partial charge in [0.05, 0.1) is 22.7 Å². The molecule has 0 unspecified atom stereocenters. The van der Waals surface area contributed by atoms with Gasteiger partial charge in [-0.15, -0.1) is 11.3 Å². The van der Waals surface area contributed by atoms with E-state index in [0.29, 0.717) is 26.9 Å². The van der Waals surface area contributed by atoms with Gasteiger partial charge in [-0.3, -0.25) is 4.79 Å². The topological polar surface area (TPSA) is 52.3 Å². The Morgan fingerprint density at radius 1 is 1.41 bits per heavy atom. The highest BCUT2D eigenvalue weighted by Gasteiger charge is 2.15. The summed E-state index contributed by atoms with van der Waals surface area (Å²) in [6.07, 6.45) is 0. The zero-order valence-corrected chi connectivity index (χ0v) is 10.6. The Hall–Kier alpha value is -1.52. The van der Waals surface area contributed by atoms with Crippen molar-refractivity contribution in [3.8, 4) is 5.75 Å². The van der Waals surface area contributed by atoms with E-state index >= 15 is 0 Å². The van der Waals surface area contributed by atoms with Gasteiger partial charge in [0.15, 0.2) is 0 Å². The van der Waals surface area contributed by atoms with Gasteiger partial charge in [0, 0.05) is 5.56 Å². The van der Waals surface area contributed by atoms with Gasteiger partial charge in [-0.2, -0.15) is 0 Å². The first-order chi connectivity index (χ1) is 8.13. The molecule has 0 bridgehead atoms. The Kier molecular flexibility index (Phi) is 3.36. The van der Waals surface area contributed by atoms with Crippen molar-refractivity contribution in [3.05, 3.63) is 45.1 Å². The number of hydrogen-bond acceptors (Lipinski definition) is 4. The van der Waals surface area contributed by atoms with Crippen LogP contribution in [0.2, 0.25) is 5.02 Å². The molecule has 2 rings (SSSR count). The van der Waals surface area contributed by atoms with E-state index in [1.54, 1.807) is 29.6 Å². The Morgan fingerprint density at radius 2 is 2.18 bits per heavy atom. The van der Waals surface area contributed by atoms with Gasteiger partial charge in [-0.25, -0.2) is 0 Å². The molecule has 5 heteroatoms. The van der Waals surface area contributed by atoms with Crippen LogP contribution in [-0.2, 0) is 0 Å². The summed E-state index contributed by atoms with van der Waals surface area (Å²) in [7, 11) is 1.53. The largest absolute Gasteiger partial charge is 0.495 e. The van der Waals surface area contributed by atoms with E-state index in [0.717, 1.165) is 0 Å². The number of ether oxygens (including phenoxy) is 1. The highest BCUT2D eigenvalue weighted by atomic mass is 35.5. The minimum atomic E-state index is -0.126. The number of methoxy groups -OCH3 is 1. The third-order valence-electron chi connectivity index (χ3n) is 2.32. The highest BCUT2D eigenvalue weighted by Crippen LogP contribution is 2.28. The number of benzene rings is 1. The fourth-order valence-electron chi connectivity index (χ4n) is 1.46. The molecule has 0 radical (unpaired) electrons. The van der Waals surface area contributed by atoms with Crippen molar-refractivity contribution < 1.29 is 9.53 Å². The second-order valence-electron chi connectivity index (χ2n) is 3.38. The number of rotatable bonds is 3. The second-order valence-corrected chi connectivity index (χ2v) is 4.71. The zero-order chi connectivity index (χ0) is 12.4. The van der Waals surface area contributed by atoms with Crippen molar-refractivity contribution in [1.29, 1.82) is 0 Å². The lowest BCUT2D eigenvalue weighted by Gasteiger charge is -2.06. The number of nitrogens with two attached hydrogens (primary N) is 1. The molecule has 88 valence electrons. The van der Waals surface area contributed by atoms with Gasteiger partial charge in [-0.1, -0.05) is 11.6 Å². The second kappa shape index (κ2) is 4.77. The first-order valence-electron chi connectivity index (χ1n) is 4.84. The van der Waals surface area contributed by atoms with Crippen molar-refractivity contribution in [3.63, 3.8) is 0 Å². The summed E-state index contributed by atoms with van der Waals surface area (Å²) in [6.45, 7) is 0. The predicted octanol–water partition coefficient (Wildman–Crippen LogP) is 3.22. The quantitative estimate of drug-likeness (QED) is 0.686. The van der Waals surface area contributed by atoms with Crippen LogP contribution < -0.4 is 10.5 Å². The Labute approximate surface area is 108 Å². The summed E-state index contributed by atoms with van der Waals surface area (Å²) >= 11 is 7.23. The van der Waals surface area contributed by atoms with Gasteiger partial charge >= 0.3 is 0 Å². The van der Waals surface area contributed by atoms with E-state index in [9.17, 15) is 4.79 Å². The third-order valence-corrected chi connectivity index (χ3v) is 3.66. The summed E-state index contributed by atoms with van der Waals surface area (Å²) in [6, 6.07) is 6.64. The van der Waals surface area contributed by atoms with Crippen LogP contribution in [0.4, 0.5) is 5.69 Å². The molecule has 2 N–H and O–H groups in total. The molecule has 2 aromatic rings. The molecule has 0 fully saturated rings. The first kappa shape index (κ1) is 12.0. The molecular weight excluding hydrogens is 258 g/mol. The van der Waals surface area contributed by atoms with Crippen molar-refractivity contribution in [1.82, 2.24) is 0 Å². The monoisotopic (exact) mass is 267 g/mol. The number of ketones is 1. The van der Waals surface area contributed by atoms with Crippen molar-refractivity contribution in [2.75, 3.05) is 12.8 Å². The summed E-state index contributed by atoms with van der Waals surface area (Å²) < 4.78 is 5.03. The summed E-state index contributed by atoms with van der Waals surface area (Å²) in [4.78, 5) is 12.6. The van der Waals surface area contributed by atoms with Crippen LogP contribution in [0.15, 0.2) is 29.6 Å². The Morgan fingerprint density at radius 3 is 2.71 bits per heavy atom. The third kappa shape index (κ3) is 2.28. The van der Waals surface area contributed by atoms with Gasteiger partial charge < -0.3 is 10.5 Å². The van der Waals surface area contributed by atoms with Gasteiger partial charge in [-0.05, 0) is 29.6 Å². The van der Waals surface area contributed by atoms with E-state index in [1.165, 1.54) is 18.4 Å². The van der Waals surface area contributed by atoms with Gasteiger partial charge in [0.25, 0.3) is 0 Å². The molecule has 3 nitrogen and oxygen atoms in total. The highest BCUT2D eigenvalue weighted by molar-refractivity contribution is 7.13. The normalized spacial score (nSPS) is 10.2. The molecule has 17 heavy (non-hydrogen) atoms. The van der Waals surface area contributed by atoms with Crippen LogP contribution in [0.1, 0.15) is 15.2 Å². The predicted molar refractivity (Wildman–Crippen MR) is 70.2 cm³/mol. The summed E-state index contributed by atoms with van der Waals surface area (Å²) in [5, 5.41) is 2.25. The zero-order valence-electron chi connectivity index (χ0n) is 9.07. The average Bonchev–Trinajstić information content (AvgIpc) is 2.74. The van der Waals surface area contributed by atoms with Crippen LogP contribution >= 0.6 is 22.9 Å². The Balaban J connectivity index is 2.39. The van der Waals surface area contributed by atoms with Crippen LogP contribution in [0.5, 0.6) is 5.75 Å². The van der Waals surface area contributed by atoms with Crippen LogP contribution in [-0.4, -0.2) is 12.9 Å². The number of anilines is 1. The number of nitrogen functional groups attached to an aromatic ring is 1. The van der Waals surface area contributed by atoms with E-state index in [2.05, 4.69) is 0 Å². The number of thiophene rings is 1. The fraction of sp³-hybridized carbons (Fsp3) is 0.0833. The minimum absolute atomic E-state index is 0.126. The number of carbonyl (C=O) groups is 1. The number of carbonyl (C=O) groups excluding carboxylic acids is 1. The number of hydrogen-bond donors (Lipinski definition) is 1. The molecule has 0 atom stereocenters. The molecule has 0 aliphatic carbocycles. The fourth-order valence-corrected chi connectivity index (χ4v) is 2.57. The van der Waals surface area contributed by atoms with E-state index < -0.39 is 0 Å². The molecule has 1 heterocycles. The first-order valence-corrected chi connectivity index (χ1v) is 6.10.